The van der Waals surface area contributed by atoms with E-state index in [-0.39, 0.29) is 17.9 Å². The summed E-state index contributed by atoms with van der Waals surface area (Å²) in [4.78, 5) is 16.2. The van der Waals surface area contributed by atoms with Crippen LogP contribution in [-0.4, -0.2) is 37.8 Å². The quantitative estimate of drug-likeness (QED) is 0.633. The van der Waals surface area contributed by atoms with Crippen molar-refractivity contribution in [2.45, 2.75) is 32.5 Å². The SMILES string of the molecule is CCCS(=O)(=O)NCc1nc(-c2ccc(C(=O)NCCC(F)(F)F)cc2)cs1. The number of nitrogens with zero attached hydrogens (tertiary/aromatic N) is 1. The minimum atomic E-state index is -4.32. The van der Waals surface area contributed by atoms with E-state index in [9.17, 15) is 26.4 Å². The van der Waals surface area contributed by atoms with Gasteiger partial charge in [0.2, 0.25) is 10.0 Å². The Labute approximate surface area is 165 Å². The molecule has 1 aromatic heterocycles. The van der Waals surface area contributed by atoms with Gasteiger partial charge in [0, 0.05) is 23.1 Å². The summed E-state index contributed by atoms with van der Waals surface area (Å²) >= 11 is 1.30. The Hall–Kier alpha value is -1.98. The monoisotopic (exact) mass is 435 g/mol. The summed E-state index contributed by atoms with van der Waals surface area (Å²) in [5.41, 5.74) is 1.58. The third-order valence-corrected chi connectivity index (χ3v) is 5.98. The van der Waals surface area contributed by atoms with Gasteiger partial charge in [-0.15, -0.1) is 11.3 Å². The highest BCUT2D eigenvalue weighted by Crippen LogP contribution is 2.23. The summed E-state index contributed by atoms with van der Waals surface area (Å²) in [5.74, 6) is -0.530. The van der Waals surface area contributed by atoms with Crippen molar-refractivity contribution in [3.63, 3.8) is 0 Å². The smallest absolute Gasteiger partial charge is 0.352 e. The van der Waals surface area contributed by atoms with Gasteiger partial charge in [0.05, 0.1) is 24.4 Å². The predicted octanol–water partition coefficient (Wildman–Crippen LogP) is 3.32. The lowest BCUT2D eigenvalue weighted by Crippen LogP contribution is -2.27. The minimum Gasteiger partial charge on any atom is -0.352 e. The lowest BCUT2D eigenvalue weighted by Gasteiger charge is -2.08. The normalized spacial score (nSPS) is 12.1. The van der Waals surface area contributed by atoms with E-state index >= 15 is 0 Å². The van der Waals surface area contributed by atoms with E-state index in [1.165, 1.54) is 23.5 Å². The molecule has 154 valence electrons. The fourth-order valence-corrected chi connectivity index (χ4v) is 4.12. The topological polar surface area (TPSA) is 88.2 Å². The molecule has 0 saturated carbocycles. The first-order valence-corrected chi connectivity index (χ1v) is 11.0. The van der Waals surface area contributed by atoms with E-state index in [1.807, 2.05) is 0 Å². The van der Waals surface area contributed by atoms with Crippen molar-refractivity contribution >= 4 is 27.3 Å². The van der Waals surface area contributed by atoms with Gasteiger partial charge in [-0.1, -0.05) is 19.1 Å². The van der Waals surface area contributed by atoms with Crippen LogP contribution in [-0.2, 0) is 16.6 Å². The third-order valence-electron chi connectivity index (χ3n) is 3.60. The van der Waals surface area contributed by atoms with E-state index in [4.69, 9.17) is 0 Å². The largest absolute Gasteiger partial charge is 0.390 e. The Morgan fingerprint density at radius 3 is 2.50 bits per heavy atom. The molecule has 0 aliphatic carbocycles. The summed E-state index contributed by atoms with van der Waals surface area (Å²) in [7, 11) is -3.32. The maximum absolute atomic E-state index is 12.1. The zero-order valence-corrected chi connectivity index (χ0v) is 16.7. The molecule has 11 heteroatoms. The van der Waals surface area contributed by atoms with Crippen molar-refractivity contribution in [1.82, 2.24) is 15.0 Å². The fourth-order valence-electron chi connectivity index (χ4n) is 2.25. The third kappa shape index (κ3) is 7.21. The van der Waals surface area contributed by atoms with E-state index in [2.05, 4.69) is 15.0 Å². The molecule has 1 amide bonds. The van der Waals surface area contributed by atoms with Gasteiger partial charge < -0.3 is 5.32 Å². The number of hydrogen-bond acceptors (Lipinski definition) is 5. The number of aromatic nitrogens is 1. The number of hydrogen-bond donors (Lipinski definition) is 2. The Bertz CT molecular complexity index is 894. The lowest BCUT2D eigenvalue weighted by molar-refractivity contribution is -0.132. The summed E-state index contributed by atoms with van der Waals surface area (Å²) in [6, 6.07) is 6.28. The van der Waals surface area contributed by atoms with Gasteiger partial charge >= 0.3 is 6.18 Å². The number of sulfonamides is 1. The first kappa shape index (κ1) is 22.3. The maximum atomic E-state index is 12.1. The summed E-state index contributed by atoms with van der Waals surface area (Å²) in [5, 5.41) is 4.59. The van der Waals surface area contributed by atoms with E-state index in [0.29, 0.717) is 22.7 Å². The number of alkyl halides is 3. The van der Waals surface area contributed by atoms with Crippen LogP contribution in [0, 0.1) is 0 Å². The van der Waals surface area contributed by atoms with Crippen LogP contribution >= 0.6 is 11.3 Å². The van der Waals surface area contributed by atoms with Crippen molar-refractivity contribution in [2.75, 3.05) is 12.3 Å². The Kier molecular flexibility index (Phi) is 7.55. The molecule has 2 N–H and O–H groups in total. The summed E-state index contributed by atoms with van der Waals surface area (Å²) in [6.07, 6.45) is -4.88. The predicted molar refractivity (Wildman–Crippen MR) is 101 cm³/mol. The zero-order valence-electron chi connectivity index (χ0n) is 15.0. The summed E-state index contributed by atoms with van der Waals surface area (Å²) in [6.45, 7) is 1.40. The number of carbonyl (C=O) groups excluding carboxylic acids is 1. The number of halogens is 3. The molecule has 0 spiro atoms. The molecule has 0 atom stereocenters. The Balaban J connectivity index is 1.95. The zero-order chi connectivity index (χ0) is 20.8. The highest BCUT2D eigenvalue weighted by Gasteiger charge is 2.26. The molecule has 0 unspecified atom stereocenters. The number of rotatable bonds is 9. The van der Waals surface area contributed by atoms with Gasteiger partial charge in [0.25, 0.3) is 5.91 Å². The van der Waals surface area contributed by atoms with Crippen molar-refractivity contribution in [2.24, 2.45) is 0 Å². The highest BCUT2D eigenvalue weighted by atomic mass is 32.2. The van der Waals surface area contributed by atoms with Crippen LogP contribution in [0.4, 0.5) is 13.2 Å². The highest BCUT2D eigenvalue weighted by molar-refractivity contribution is 7.89. The first-order chi connectivity index (χ1) is 13.1. The van der Waals surface area contributed by atoms with Gasteiger partial charge in [-0.2, -0.15) is 13.2 Å². The number of nitrogens with one attached hydrogen (secondary N) is 2. The molecule has 0 saturated heterocycles. The molecule has 0 aliphatic rings. The van der Waals surface area contributed by atoms with Crippen LogP contribution in [0.3, 0.4) is 0 Å². The number of thiazole rings is 1. The molecular weight excluding hydrogens is 415 g/mol. The van der Waals surface area contributed by atoms with E-state index in [0.717, 1.165) is 0 Å². The first-order valence-electron chi connectivity index (χ1n) is 8.47. The van der Waals surface area contributed by atoms with Gasteiger partial charge in [0.1, 0.15) is 5.01 Å². The molecule has 0 aliphatic heterocycles. The van der Waals surface area contributed by atoms with Crippen LogP contribution < -0.4 is 10.0 Å². The van der Waals surface area contributed by atoms with Crippen molar-refractivity contribution in [1.29, 1.82) is 0 Å². The average Bonchev–Trinajstić information content (AvgIpc) is 3.08. The van der Waals surface area contributed by atoms with Crippen LogP contribution in [0.5, 0.6) is 0 Å². The second kappa shape index (κ2) is 9.48. The van der Waals surface area contributed by atoms with Crippen LogP contribution in [0.25, 0.3) is 11.3 Å². The van der Waals surface area contributed by atoms with Crippen molar-refractivity contribution < 1.29 is 26.4 Å². The van der Waals surface area contributed by atoms with Crippen molar-refractivity contribution in [3.05, 3.63) is 40.2 Å². The van der Waals surface area contributed by atoms with Gasteiger partial charge in [0.15, 0.2) is 0 Å². The summed E-state index contributed by atoms with van der Waals surface area (Å²) < 4.78 is 62.2. The Morgan fingerprint density at radius 2 is 1.89 bits per heavy atom. The number of carbonyl (C=O) groups is 1. The van der Waals surface area contributed by atoms with Gasteiger partial charge in [-0.25, -0.2) is 18.1 Å². The molecule has 0 fully saturated rings. The molecule has 0 radical (unpaired) electrons. The molecule has 1 heterocycles. The molecule has 6 nitrogen and oxygen atoms in total. The number of benzene rings is 1. The molecular formula is C17H20F3N3O3S2. The number of amides is 1. The average molecular weight is 435 g/mol. The van der Waals surface area contributed by atoms with Crippen molar-refractivity contribution in [3.8, 4) is 11.3 Å². The molecule has 2 rings (SSSR count). The van der Waals surface area contributed by atoms with E-state index in [1.54, 1.807) is 24.4 Å². The van der Waals surface area contributed by atoms with Gasteiger partial charge in [-0.05, 0) is 18.6 Å². The standard InChI is InChI=1S/C17H20F3N3O3S2/c1-2-9-28(25,26)22-10-15-23-14(11-27-15)12-3-5-13(6-4-12)16(24)21-8-7-17(18,19)20/h3-6,11,22H,2,7-10H2,1H3,(H,21,24). The molecule has 1 aromatic carbocycles. The molecule has 28 heavy (non-hydrogen) atoms. The second-order valence-corrected chi connectivity index (χ2v) is 8.83. The van der Waals surface area contributed by atoms with Crippen LogP contribution in [0.15, 0.2) is 29.6 Å². The molecule has 2 aromatic rings. The van der Waals surface area contributed by atoms with Crippen LogP contribution in [0.1, 0.15) is 35.1 Å². The maximum Gasteiger partial charge on any atom is 0.390 e. The van der Waals surface area contributed by atoms with E-state index < -0.39 is 35.1 Å². The minimum absolute atomic E-state index is 0.0533. The second-order valence-electron chi connectivity index (χ2n) is 5.96. The molecule has 0 bridgehead atoms. The Morgan fingerprint density at radius 1 is 1.21 bits per heavy atom. The lowest BCUT2D eigenvalue weighted by atomic mass is 10.1. The van der Waals surface area contributed by atoms with Crippen LogP contribution in [0.2, 0.25) is 0 Å². The fraction of sp³-hybridized carbons (Fsp3) is 0.412. The van der Waals surface area contributed by atoms with Gasteiger partial charge in [-0.3, -0.25) is 4.79 Å².